The zero-order valence-corrected chi connectivity index (χ0v) is 18.3. The van der Waals surface area contributed by atoms with Gasteiger partial charge in [0, 0.05) is 18.2 Å². The molecule has 4 aromatic heterocycles. The zero-order valence-electron chi connectivity index (χ0n) is 18.3. The normalized spacial score (nSPS) is 13.4. The number of rotatable bonds is 7. The molecule has 0 aliphatic heterocycles. The highest BCUT2D eigenvalue weighted by atomic mass is 16.2. The average molecular weight is 445 g/mol. The Morgan fingerprint density at radius 1 is 1.18 bits per heavy atom. The zero-order chi connectivity index (χ0) is 22.9. The molecule has 1 saturated carbocycles. The van der Waals surface area contributed by atoms with Gasteiger partial charge >= 0.3 is 0 Å². The van der Waals surface area contributed by atoms with Gasteiger partial charge in [-0.25, -0.2) is 14.6 Å². The van der Waals surface area contributed by atoms with Crippen molar-refractivity contribution in [2.24, 2.45) is 0 Å². The maximum Gasteiger partial charge on any atom is 0.269 e. The van der Waals surface area contributed by atoms with E-state index in [2.05, 4.69) is 35.9 Å². The van der Waals surface area contributed by atoms with Gasteiger partial charge in [0.25, 0.3) is 5.56 Å². The molecule has 4 aromatic rings. The molecular formula is C22H23N9O2. The number of carbonyl (C=O) groups excluding carboxylic acids is 1. The monoisotopic (exact) mass is 445 g/mol. The molecule has 0 spiro atoms. The van der Waals surface area contributed by atoms with Gasteiger partial charge in [0.15, 0.2) is 5.65 Å². The molecule has 0 unspecified atom stereocenters. The molecular weight excluding hydrogens is 422 g/mol. The molecule has 1 fully saturated rings. The molecule has 1 aliphatic carbocycles. The summed E-state index contributed by atoms with van der Waals surface area (Å²) in [5.74, 6) is 0.981. The Bertz CT molecular complexity index is 1370. The molecule has 1 aliphatic rings. The summed E-state index contributed by atoms with van der Waals surface area (Å²) in [6.07, 6.45) is 8.95. The first kappa shape index (κ1) is 20.7. The number of carbonyl (C=O) groups is 1. The predicted octanol–water partition coefficient (Wildman–Crippen LogP) is 2.46. The van der Waals surface area contributed by atoms with Crippen molar-refractivity contribution in [2.45, 2.75) is 45.1 Å². The van der Waals surface area contributed by atoms with E-state index in [0.29, 0.717) is 34.3 Å². The Morgan fingerprint density at radius 2 is 1.97 bits per heavy atom. The van der Waals surface area contributed by atoms with Crippen LogP contribution < -0.4 is 16.2 Å². The number of amides is 1. The predicted molar refractivity (Wildman–Crippen MR) is 121 cm³/mol. The summed E-state index contributed by atoms with van der Waals surface area (Å²) in [6.45, 7) is 3.74. The van der Waals surface area contributed by atoms with Crippen LogP contribution in [0.3, 0.4) is 0 Å². The second-order valence-corrected chi connectivity index (χ2v) is 8.39. The van der Waals surface area contributed by atoms with Crippen LogP contribution in [0, 0.1) is 0 Å². The van der Waals surface area contributed by atoms with Crippen LogP contribution in [0.1, 0.15) is 50.0 Å². The number of nitrogens with zero attached hydrogens (tertiary/aromatic N) is 7. The minimum absolute atomic E-state index is 0.0187. The van der Waals surface area contributed by atoms with Gasteiger partial charge in [-0.15, -0.1) is 10.2 Å². The van der Waals surface area contributed by atoms with Gasteiger partial charge in [-0.1, -0.05) is 13.8 Å². The molecule has 168 valence electrons. The first-order chi connectivity index (χ1) is 16.0. The van der Waals surface area contributed by atoms with Gasteiger partial charge in [0.1, 0.15) is 18.7 Å². The summed E-state index contributed by atoms with van der Waals surface area (Å²) in [5.41, 5.74) is 2.77. The number of hydrogen-bond acceptors (Lipinski definition) is 8. The second kappa shape index (κ2) is 8.41. The first-order valence-corrected chi connectivity index (χ1v) is 10.8. The van der Waals surface area contributed by atoms with Crippen molar-refractivity contribution in [3.05, 3.63) is 65.0 Å². The number of aromatic nitrogens is 7. The van der Waals surface area contributed by atoms with Crippen molar-refractivity contribution in [1.29, 1.82) is 0 Å². The number of nitrogens with one attached hydrogen (secondary N) is 2. The van der Waals surface area contributed by atoms with E-state index in [1.165, 1.54) is 10.7 Å². The molecule has 11 heteroatoms. The van der Waals surface area contributed by atoms with Crippen molar-refractivity contribution in [3.8, 4) is 0 Å². The molecule has 0 saturated heterocycles. The van der Waals surface area contributed by atoms with Crippen molar-refractivity contribution >= 4 is 28.6 Å². The minimum atomic E-state index is -0.387. The van der Waals surface area contributed by atoms with Crippen molar-refractivity contribution in [3.63, 3.8) is 0 Å². The van der Waals surface area contributed by atoms with Crippen LogP contribution in [-0.2, 0) is 11.3 Å². The van der Waals surface area contributed by atoms with Crippen LogP contribution in [0.5, 0.6) is 0 Å². The second-order valence-electron chi connectivity index (χ2n) is 8.39. The largest absolute Gasteiger partial charge is 0.351 e. The summed E-state index contributed by atoms with van der Waals surface area (Å²) < 4.78 is 2.86. The maximum atomic E-state index is 12.7. The van der Waals surface area contributed by atoms with Gasteiger partial charge in [0.2, 0.25) is 5.91 Å². The Balaban J connectivity index is 1.33. The number of fused-ring (bicyclic) bond motifs is 1. The summed E-state index contributed by atoms with van der Waals surface area (Å²) in [4.78, 5) is 34.1. The van der Waals surface area contributed by atoms with Crippen LogP contribution in [0.4, 0.5) is 17.1 Å². The summed E-state index contributed by atoms with van der Waals surface area (Å²) in [6, 6.07) is 4.92. The Kier molecular flexibility index (Phi) is 5.29. The van der Waals surface area contributed by atoms with E-state index in [4.69, 9.17) is 0 Å². The van der Waals surface area contributed by atoms with Gasteiger partial charge in [-0.05, 0) is 30.9 Å². The summed E-state index contributed by atoms with van der Waals surface area (Å²) >= 11 is 0. The maximum absolute atomic E-state index is 12.7. The lowest BCUT2D eigenvalue weighted by atomic mass is 10.1. The van der Waals surface area contributed by atoms with E-state index < -0.39 is 0 Å². The number of anilines is 3. The molecule has 5 rings (SSSR count). The van der Waals surface area contributed by atoms with E-state index in [9.17, 15) is 9.59 Å². The van der Waals surface area contributed by atoms with E-state index in [1.807, 2.05) is 13.8 Å². The van der Waals surface area contributed by atoms with Gasteiger partial charge in [-0.3, -0.25) is 14.0 Å². The Morgan fingerprint density at radius 3 is 2.70 bits per heavy atom. The quantitative estimate of drug-likeness (QED) is 0.443. The third-order valence-corrected chi connectivity index (χ3v) is 5.33. The third kappa shape index (κ3) is 4.56. The van der Waals surface area contributed by atoms with Crippen molar-refractivity contribution < 1.29 is 4.79 Å². The van der Waals surface area contributed by atoms with Crippen LogP contribution in [0.2, 0.25) is 0 Å². The van der Waals surface area contributed by atoms with E-state index in [0.717, 1.165) is 18.7 Å². The highest BCUT2D eigenvalue weighted by molar-refractivity contribution is 5.90. The molecule has 0 atom stereocenters. The fourth-order valence-electron chi connectivity index (χ4n) is 3.49. The lowest BCUT2D eigenvalue weighted by molar-refractivity contribution is -0.117. The highest BCUT2D eigenvalue weighted by Crippen LogP contribution is 2.37. The highest BCUT2D eigenvalue weighted by Gasteiger charge is 2.26. The SMILES string of the molecule is CC(C)c1nn(CC(=O)Nc2ccc3nncn3c2)c(=O)cc1Nc1cnc(C2CC2)nc1. The van der Waals surface area contributed by atoms with E-state index in [1.54, 1.807) is 41.5 Å². The van der Waals surface area contributed by atoms with E-state index in [-0.39, 0.29) is 23.9 Å². The molecule has 33 heavy (non-hydrogen) atoms. The fourth-order valence-corrected chi connectivity index (χ4v) is 3.49. The molecule has 0 aromatic carbocycles. The van der Waals surface area contributed by atoms with Crippen LogP contribution in [0.25, 0.3) is 5.65 Å². The third-order valence-electron chi connectivity index (χ3n) is 5.33. The Hall–Kier alpha value is -4.15. The van der Waals surface area contributed by atoms with Crippen LogP contribution in [0.15, 0.2) is 47.9 Å². The summed E-state index contributed by atoms with van der Waals surface area (Å²) in [7, 11) is 0. The van der Waals surface area contributed by atoms with Crippen molar-refractivity contribution in [1.82, 2.24) is 34.3 Å². The summed E-state index contributed by atoms with van der Waals surface area (Å²) in [5, 5.41) is 18.2. The molecule has 2 N–H and O–H groups in total. The molecule has 1 amide bonds. The smallest absolute Gasteiger partial charge is 0.269 e. The minimum Gasteiger partial charge on any atom is -0.351 e. The number of pyridine rings is 1. The lowest BCUT2D eigenvalue weighted by Gasteiger charge is -2.15. The van der Waals surface area contributed by atoms with E-state index >= 15 is 0 Å². The van der Waals surface area contributed by atoms with Gasteiger partial charge in [0.05, 0.1) is 35.1 Å². The lowest BCUT2D eigenvalue weighted by Crippen LogP contribution is -2.30. The molecule has 0 radical (unpaired) electrons. The topological polar surface area (TPSA) is 132 Å². The standard InChI is InChI=1S/C22H23N9O2/c1-13(2)21-17(26-16-8-23-22(24-9-16)14-3-4-14)7-20(33)31(29-21)11-19(32)27-15-5-6-18-28-25-12-30(18)10-15/h5-10,12-14,26H,3-4,11H2,1-2H3,(H,27,32). The van der Waals surface area contributed by atoms with Crippen molar-refractivity contribution in [2.75, 3.05) is 10.6 Å². The average Bonchev–Trinajstić information content (AvgIpc) is 3.53. The molecule has 4 heterocycles. The molecule has 0 bridgehead atoms. The van der Waals surface area contributed by atoms with Gasteiger partial charge < -0.3 is 10.6 Å². The Labute approximate surface area is 188 Å². The first-order valence-electron chi connectivity index (χ1n) is 10.8. The number of hydrogen-bond donors (Lipinski definition) is 2. The van der Waals surface area contributed by atoms with Crippen LogP contribution in [-0.4, -0.2) is 40.3 Å². The van der Waals surface area contributed by atoms with Gasteiger partial charge in [-0.2, -0.15) is 5.10 Å². The molecule has 11 nitrogen and oxygen atoms in total. The van der Waals surface area contributed by atoms with Crippen LogP contribution >= 0.6 is 0 Å². The fraction of sp³-hybridized carbons (Fsp3) is 0.318.